The molecule has 33 heavy (non-hydrogen) atoms. The molecule has 1 atom stereocenters. The third kappa shape index (κ3) is 3.96. The Bertz CT molecular complexity index is 1140. The molecule has 0 radical (unpaired) electrons. The van der Waals surface area contributed by atoms with Gasteiger partial charge in [-0.25, -0.2) is 4.39 Å². The summed E-state index contributed by atoms with van der Waals surface area (Å²) in [5, 5.41) is 0. The number of rotatable bonds is 5. The largest absolute Gasteiger partial charge is 0.493 e. The van der Waals surface area contributed by atoms with Gasteiger partial charge in [0, 0.05) is 41.3 Å². The SMILES string of the molecule is COc1ccc(C2CC(=O)N(c3ccc(F)cc3)C3=C2C(=O)CC(C)(C)C3)c(OC)c1OC. The lowest BCUT2D eigenvalue weighted by atomic mass is 9.69. The van der Waals surface area contributed by atoms with Gasteiger partial charge in [-0.15, -0.1) is 0 Å². The predicted molar refractivity (Wildman–Crippen MR) is 122 cm³/mol. The van der Waals surface area contributed by atoms with Gasteiger partial charge in [-0.05, 0) is 42.2 Å². The van der Waals surface area contributed by atoms with Crippen molar-refractivity contribution in [1.82, 2.24) is 0 Å². The molecule has 2 aliphatic rings. The van der Waals surface area contributed by atoms with Crippen molar-refractivity contribution >= 4 is 17.4 Å². The second-order valence-electron chi connectivity index (χ2n) is 9.19. The van der Waals surface area contributed by atoms with E-state index in [-0.39, 0.29) is 29.3 Å². The van der Waals surface area contributed by atoms with E-state index in [0.29, 0.717) is 52.6 Å². The molecule has 174 valence electrons. The number of benzene rings is 2. The number of carbonyl (C=O) groups is 2. The van der Waals surface area contributed by atoms with Crippen molar-refractivity contribution in [3.63, 3.8) is 0 Å². The number of anilines is 1. The number of allylic oxidation sites excluding steroid dienone is 2. The van der Waals surface area contributed by atoms with E-state index in [1.807, 2.05) is 19.9 Å². The van der Waals surface area contributed by atoms with Crippen molar-refractivity contribution in [1.29, 1.82) is 0 Å². The van der Waals surface area contributed by atoms with Gasteiger partial charge in [0.25, 0.3) is 0 Å². The number of halogens is 1. The van der Waals surface area contributed by atoms with Crippen molar-refractivity contribution in [2.24, 2.45) is 5.41 Å². The smallest absolute Gasteiger partial charge is 0.232 e. The third-order valence-electron chi connectivity index (χ3n) is 6.34. The Hall–Kier alpha value is -3.35. The maximum atomic E-state index is 13.6. The van der Waals surface area contributed by atoms with Gasteiger partial charge in [-0.1, -0.05) is 19.9 Å². The van der Waals surface area contributed by atoms with Crippen molar-refractivity contribution < 1.29 is 28.2 Å². The van der Waals surface area contributed by atoms with E-state index in [4.69, 9.17) is 14.2 Å². The fraction of sp³-hybridized carbons (Fsp3) is 0.385. The molecule has 1 aliphatic heterocycles. The zero-order valence-electron chi connectivity index (χ0n) is 19.5. The Morgan fingerprint density at radius 1 is 0.909 bits per heavy atom. The maximum absolute atomic E-state index is 13.6. The van der Waals surface area contributed by atoms with E-state index in [9.17, 15) is 14.0 Å². The second-order valence-corrected chi connectivity index (χ2v) is 9.19. The van der Waals surface area contributed by atoms with E-state index in [1.165, 1.54) is 33.5 Å². The fourth-order valence-corrected chi connectivity index (χ4v) is 4.97. The quantitative estimate of drug-likeness (QED) is 0.636. The van der Waals surface area contributed by atoms with Gasteiger partial charge in [0.05, 0.1) is 21.3 Å². The van der Waals surface area contributed by atoms with Gasteiger partial charge in [-0.3, -0.25) is 14.5 Å². The van der Waals surface area contributed by atoms with E-state index in [2.05, 4.69) is 0 Å². The number of carbonyl (C=O) groups excluding carboxylic acids is 2. The molecule has 7 heteroatoms. The Balaban J connectivity index is 1.94. The van der Waals surface area contributed by atoms with Crippen LogP contribution in [0.25, 0.3) is 0 Å². The lowest BCUT2D eigenvalue weighted by Crippen LogP contribution is -2.43. The molecule has 0 spiro atoms. The van der Waals surface area contributed by atoms with E-state index in [0.717, 1.165) is 0 Å². The molecule has 0 fully saturated rings. The van der Waals surface area contributed by atoms with Crippen LogP contribution in [0.4, 0.5) is 10.1 Å². The monoisotopic (exact) mass is 453 g/mol. The lowest BCUT2D eigenvalue weighted by Gasteiger charge is -2.43. The summed E-state index contributed by atoms with van der Waals surface area (Å²) in [7, 11) is 4.58. The molecule has 1 aliphatic carbocycles. The minimum Gasteiger partial charge on any atom is -0.493 e. The molecular formula is C26H28FNO5. The molecule has 4 rings (SSSR count). The first-order chi connectivity index (χ1) is 15.7. The molecule has 6 nitrogen and oxygen atoms in total. The number of amides is 1. The molecule has 1 unspecified atom stereocenters. The van der Waals surface area contributed by atoms with Gasteiger partial charge < -0.3 is 14.2 Å². The number of hydrogen-bond acceptors (Lipinski definition) is 5. The van der Waals surface area contributed by atoms with Crippen molar-refractivity contribution in [3.8, 4) is 17.2 Å². The first kappa shape index (κ1) is 22.8. The predicted octanol–water partition coefficient (Wildman–Crippen LogP) is 5.02. The summed E-state index contributed by atoms with van der Waals surface area (Å²) in [6, 6.07) is 9.36. The summed E-state index contributed by atoms with van der Waals surface area (Å²) < 4.78 is 30.2. The Labute approximate surface area is 192 Å². The van der Waals surface area contributed by atoms with E-state index in [1.54, 1.807) is 23.1 Å². The van der Waals surface area contributed by atoms with E-state index < -0.39 is 5.92 Å². The standard InChI is InChI=1S/C26H28FNO5/c1-26(2)13-19-23(20(29)14-26)18(12-22(30)28(19)16-8-6-15(27)7-9-16)17-10-11-21(31-3)25(33-5)24(17)32-4/h6-11,18H,12-14H2,1-5H3. The van der Waals surface area contributed by atoms with Crippen LogP contribution in [-0.4, -0.2) is 33.0 Å². The minimum absolute atomic E-state index is 0.00250. The van der Waals surface area contributed by atoms with E-state index >= 15 is 0 Å². The van der Waals surface area contributed by atoms with Crippen molar-refractivity contribution in [2.75, 3.05) is 26.2 Å². The highest BCUT2D eigenvalue weighted by atomic mass is 19.1. The molecule has 0 bridgehead atoms. The maximum Gasteiger partial charge on any atom is 0.232 e. The zero-order valence-corrected chi connectivity index (χ0v) is 19.5. The average Bonchev–Trinajstić information content (AvgIpc) is 2.77. The van der Waals surface area contributed by atoms with Crippen LogP contribution in [-0.2, 0) is 9.59 Å². The highest BCUT2D eigenvalue weighted by Crippen LogP contribution is 2.52. The first-order valence-corrected chi connectivity index (χ1v) is 10.8. The number of ether oxygens (including phenoxy) is 3. The highest BCUT2D eigenvalue weighted by Gasteiger charge is 2.45. The van der Waals surface area contributed by atoms with Gasteiger partial charge in [0.1, 0.15) is 5.82 Å². The Kier molecular flexibility index (Phi) is 5.91. The third-order valence-corrected chi connectivity index (χ3v) is 6.34. The molecule has 2 aromatic rings. The zero-order chi connectivity index (χ0) is 23.9. The summed E-state index contributed by atoms with van der Waals surface area (Å²) in [6.45, 7) is 4.03. The summed E-state index contributed by atoms with van der Waals surface area (Å²) in [5.41, 5.74) is 2.21. The van der Waals surface area contributed by atoms with Crippen LogP contribution < -0.4 is 19.1 Å². The van der Waals surface area contributed by atoms with Crippen LogP contribution in [0.15, 0.2) is 47.7 Å². The lowest BCUT2D eigenvalue weighted by molar-refractivity contribution is -0.121. The molecule has 0 aromatic heterocycles. The average molecular weight is 454 g/mol. The molecular weight excluding hydrogens is 425 g/mol. The van der Waals surface area contributed by atoms with Crippen LogP contribution in [0.2, 0.25) is 0 Å². The Morgan fingerprint density at radius 3 is 2.18 bits per heavy atom. The fourth-order valence-electron chi connectivity index (χ4n) is 4.97. The molecule has 0 saturated carbocycles. The summed E-state index contributed by atoms with van der Waals surface area (Å²) >= 11 is 0. The van der Waals surface area contributed by atoms with Gasteiger partial charge in [0.15, 0.2) is 17.3 Å². The highest BCUT2D eigenvalue weighted by molar-refractivity contribution is 6.08. The molecule has 1 amide bonds. The summed E-state index contributed by atoms with van der Waals surface area (Å²) in [4.78, 5) is 28.6. The topological polar surface area (TPSA) is 65.1 Å². The number of methoxy groups -OCH3 is 3. The number of nitrogens with zero attached hydrogens (tertiary/aromatic N) is 1. The number of hydrogen-bond donors (Lipinski definition) is 0. The van der Waals surface area contributed by atoms with Gasteiger partial charge in [0.2, 0.25) is 11.7 Å². The second kappa shape index (κ2) is 8.54. The van der Waals surface area contributed by atoms with Crippen LogP contribution in [0.5, 0.6) is 17.2 Å². The van der Waals surface area contributed by atoms with Crippen molar-refractivity contribution in [2.45, 2.75) is 39.0 Å². The summed E-state index contributed by atoms with van der Waals surface area (Å²) in [5.74, 6) is 0.327. The van der Waals surface area contributed by atoms with Gasteiger partial charge >= 0.3 is 0 Å². The van der Waals surface area contributed by atoms with Gasteiger partial charge in [-0.2, -0.15) is 0 Å². The Morgan fingerprint density at radius 2 is 1.58 bits per heavy atom. The minimum atomic E-state index is -0.484. The number of ketones is 1. The first-order valence-electron chi connectivity index (χ1n) is 10.8. The molecule has 0 saturated heterocycles. The molecule has 2 aromatic carbocycles. The normalized spacial score (nSPS) is 19.9. The molecule has 0 N–H and O–H groups in total. The van der Waals surface area contributed by atoms with Crippen LogP contribution >= 0.6 is 0 Å². The van der Waals surface area contributed by atoms with Crippen LogP contribution in [0, 0.1) is 11.2 Å². The van der Waals surface area contributed by atoms with Crippen molar-refractivity contribution in [3.05, 3.63) is 59.0 Å². The van der Waals surface area contributed by atoms with Crippen LogP contribution in [0.1, 0.15) is 44.6 Å². The molecule has 1 heterocycles. The van der Waals surface area contributed by atoms with Crippen LogP contribution in [0.3, 0.4) is 0 Å². The summed E-state index contributed by atoms with van der Waals surface area (Å²) in [6.07, 6.45) is 1.00. The number of Topliss-reactive ketones (excluding diaryl/α,β-unsaturated/α-hetero) is 1.